The third-order valence-electron chi connectivity index (χ3n) is 4.13. The van der Waals surface area contributed by atoms with Crippen molar-refractivity contribution < 1.29 is 13.9 Å². The highest BCUT2D eigenvalue weighted by Crippen LogP contribution is 2.25. The van der Waals surface area contributed by atoms with Crippen LogP contribution in [-0.4, -0.2) is 31.1 Å². The highest BCUT2D eigenvalue weighted by Gasteiger charge is 2.18. The smallest absolute Gasteiger partial charge is 0.273 e. The maximum Gasteiger partial charge on any atom is 0.273 e. The number of aromatic nitrogens is 5. The van der Waals surface area contributed by atoms with Gasteiger partial charge in [0.15, 0.2) is 18.1 Å². The highest BCUT2D eigenvalue weighted by molar-refractivity contribution is 5.92. The molecular weight excluding hydrogens is 360 g/mol. The molecule has 4 aromatic rings. The molecule has 0 aliphatic rings. The van der Waals surface area contributed by atoms with E-state index in [9.17, 15) is 4.79 Å². The Morgan fingerprint density at radius 1 is 1.32 bits per heavy atom. The maximum absolute atomic E-state index is 12.4. The fraction of sp³-hybridized carbons (Fsp3) is 0.211. The van der Waals surface area contributed by atoms with Crippen molar-refractivity contribution >= 4 is 16.7 Å². The number of benzene rings is 1. The minimum absolute atomic E-state index is 0.102. The Labute approximate surface area is 160 Å². The summed E-state index contributed by atoms with van der Waals surface area (Å²) < 4.78 is 11.2. The van der Waals surface area contributed by atoms with Crippen molar-refractivity contribution in [3.05, 3.63) is 66.2 Å². The topological polar surface area (TPSA) is 119 Å². The molecule has 9 heteroatoms. The molecule has 1 atom stereocenters. The summed E-state index contributed by atoms with van der Waals surface area (Å²) in [5, 5.41) is 11.5. The molecule has 142 valence electrons. The third kappa shape index (κ3) is 3.68. The summed E-state index contributed by atoms with van der Waals surface area (Å²) in [5.74, 6) is 1.81. The number of amides is 1. The Morgan fingerprint density at radius 2 is 2.21 bits per heavy atom. The van der Waals surface area contributed by atoms with Crippen LogP contribution in [-0.2, 0) is 6.61 Å². The van der Waals surface area contributed by atoms with Gasteiger partial charge < -0.3 is 14.5 Å². The molecule has 9 nitrogen and oxygen atoms in total. The molecule has 2 N–H and O–H groups in total. The molecule has 0 fully saturated rings. The molecule has 0 spiro atoms. The number of nitrogens with zero attached hydrogens (tertiary/aromatic N) is 4. The molecule has 4 rings (SSSR count). The SMILES string of the molecule is Cc1nc([C@@H](C)NC(=O)c2coc(COc3cccc4cnccc34)n2)n[nH]1. The van der Waals surface area contributed by atoms with Crippen LogP contribution in [0.3, 0.4) is 0 Å². The number of hydrogen-bond acceptors (Lipinski definition) is 7. The molecule has 0 aliphatic carbocycles. The number of aromatic amines is 1. The Hall–Kier alpha value is -3.75. The Bertz CT molecular complexity index is 1110. The number of pyridine rings is 1. The predicted octanol–water partition coefficient (Wildman–Crippen LogP) is 2.72. The van der Waals surface area contributed by atoms with E-state index >= 15 is 0 Å². The van der Waals surface area contributed by atoms with Crippen molar-refractivity contribution in [2.75, 3.05) is 0 Å². The highest BCUT2D eigenvalue weighted by atomic mass is 16.5. The number of rotatable bonds is 6. The molecule has 0 radical (unpaired) electrons. The second-order valence-corrected chi connectivity index (χ2v) is 6.24. The molecular formula is C19H18N6O3. The van der Waals surface area contributed by atoms with Crippen LogP contribution in [0, 0.1) is 6.92 Å². The third-order valence-corrected chi connectivity index (χ3v) is 4.13. The first kappa shape index (κ1) is 17.7. The number of carbonyl (C=O) groups is 1. The van der Waals surface area contributed by atoms with Gasteiger partial charge in [-0.2, -0.15) is 5.10 Å². The molecule has 3 heterocycles. The average molecular weight is 378 g/mol. The Morgan fingerprint density at radius 3 is 3.04 bits per heavy atom. The molecule has 0 bridgehead atoms. The minimum Gasteiger partial charge on any atom is -0.483 e. The molecule has 0 aliphatic heterocycles. The summed E-state index contributed by atoms with van der Waals surface area (Å²) in [4.78, 5) is 24.8. The summed E-state index contributed by atoms with van der Waals surface area (Å²) in [6.45, 7) is 3.69. The van der Waals surface area contributed by atoms with E-state index in [0.717, 1.165) is 10.8 Å². The van der Waals surface area contributed by atoms with Gasteiger partial charge in [0.2, 0.25) is 5.89 Å². The number of H-pyrrole nitrogens is 1. The zero-order valence-electron chi connectivity index (χ0n) is 15.3. The van der Waals surface area contributed by atoms with E-state index in [1.165, 1.54) is 6.26 Å². The fourth-order valence-electron chi connectivity index (χ4n) is 2.73. The monoisotopic (exact) mass is 378 g/mol. The Kier molecular flexibility index (Phi) is 4.71. The van der Waals surface area contributed by atoms with Crippen LogP contribution in [0.1, 0.15) is 41.0 Å². The number of ether oxygens (including phenoxy) is 1. The van der Waals surface area contributed by atoms with Crippen LogP contribution in [0.25, 0.3) is 10.8 Å². The Balaban J connectivity index is 1.40. The fourth-order valence-corrected chi connectivity index (χ4v) is 2.73. The van der Waals surface area contributed by atoms with Crippen LogP contribution in [0.15, 0.2) is 47.3 Å². The summed E-state index contributed by atoms with van der Waals surface area (Å²) in [5.41, 5.74) is 0.167. The molecule has 3 aromatic heterocycles. The van der Waals surface area contributed by atoms with Gasteiger partial charge in [0.1, 0.15) is 17.8 Å². The maximum atomic E-state index is 12.4. The van der Waals surface area contributed by atoms with Gasteiger partial charge in [-0.25, -0.2) is 9.97 Å². The van der Waals surface area contributed by atoms with Crippen molar-refractivity contribution in [1.82, 2.24) is 30.5 Å². The second kappa shape index (κ2) is 7.47. The molecule has 28 heavy (non-hydrogen) atoms. The largest absolute Gasteiger partial charge is 0.483 e. The van der Waals surface area contributed by atoms with E-state index in [1.54, 1.807) is 26.2 Å². The lowest BCUT2D eigenvalue weighted by Gasteiger charge is -2.08. The number of carbonyl (C=O) groups excluding carboxylic acids is 1. The minimum atomic E-state index is -0.374. The van der Waals surface area contributed by atoms with Crippen LogP contribution < -0.4 is 10.1 Å². The van der Waals surface area contributed by atoms with Crippen LogP contribution in [0.2, 0.25) is 0 Å². The molecule has 1 amide bonds. The van der Waals surface area contributed by atoms with Gasteiger partial charge >= 0.3 is 0 Å². The van der Waals surface area contributed by atoms with Crippen molar-refractivity contribution in [3.8, 4) is 5.75 Å². The average Bonchev–Trinajstić information content (AvgIpc) is 3.35. The number of fused-ring (bicyclic) bond motifs is 1. The first-order valence-corrected chi connectivity index (χ1v) is 8.70. The van der Waals surface area contributed by atoms with Crippen molar-refractivity contribution in [1.29, 1.82) is 0 Å². The summed E-state index contributed by atoms with van der Waals surface area (Å²) >= 11 is 0. The normalized spacial score (nSPS) is 12.1. The quantitative estimate of drug-likeness (QED) is 0.529. The molecule has 0 unspecified atom stereocenters. The van der Waals surface area contributed by atoms with E-state index in [4.69, 9.17) is 9.15 Å². The van der Waals surface area contributed by atoms with Gasteiger partial charge in [-0.05, 0) is 26.0 Å². The van der Waals surface area contributed by atoms with Gasteiger partial charge in [0, 0.05) is 23.2 Å². The molecule has 0 saturated carbocycles. The van der Waals surface area contributed by atoms with E-state index in [1.807, 2.05) is 24.3 Å². The lowest BCUT2D eigenvalue weighted by atomic mass is 10.1. The zero-order chi connectivity index (χ0) is 19.5. The van der Waals surface area contributed by atoms with Crippen LogP contribution in [0.5, 0.6) is 5.75 Å². The van der Waals surface area contributed by atoms with Crippen LogP contribution >= 0.6 is 0 Å². The van der Waals surface area contributed by atoms with E-state index < -0.39 is 0 Å². The first-order valence-electron chi connectivity index (χ1n) is 8.70. The second-order valence-electron chi connectivity index (χ2n) is 6.24. The summed E-state index contributed by atoms with van der Waals surface area (Å²) in [7, 11) is 0. The lowest BCUT2D eigenvalue weighted by molar-refractivity contribution is 0.0933. The lowest BCUT2D eigenvalue weighted by Crippen LogP contribution is -2.27. The molecule has 1 aromatic carbocycles. The van der Waals surface area contributed by atoms with Gasteiger partial charge in [-0.3, -0.25) is 14.9 Å². The predicted molar refractivity (Wildman–Crippen MR) is 99.6 cm³/mol. The van der Waals surface area contributed by atoms with Gasteiger partial charge in [-0.15, -0.1) is 0 Å². The van der Waals surface area contributed by atoms with E-state index in [0.29, 0.717) is 23.3 Å². The van der Waals surface area contributed by atoms with E-state index in [2.05, 4.69) is 30.5 Å². The standard InChI is InChI=1S/C19H18N6O3/c1-11(18-22-12(2)24-25-18)21-19(26)15-9-28-17(23-15)10-27-16-5-3-4-13-8-20-7-6-14(13)16/h3-9,11H,10H2,1-2H3,(H,21,26)(H,22,24,25)/t11-/m1/s1. The molecule has 0 saturated heterocycles. The van der Waals surface area contributed by atoms with Gasteiger partial charge in [-0.1, -0.05) is 12.1 Å². The first-order chi connectivity index (χ1) is 13.6. The zero-order valence-corrected chi connectivity index (χ0v) is 15.3. The number of hydrogen-bond donors (Lipinski definition) is 2. The van der Waals surface area contributed by atoms with Crippen molar-refractivity contribution in [2.24, 2.45) is 0 Å². The summed E-state index contributed by atoms with van der Waals surface area (Å²) in [6.07, 6.45) is 4.78. The van der Waals surface area contributed by atoms with Gasteiger partial charge in [0.05, 0.1) is 6.04 Å². The van der Waals surface area contributed by atoms with E-state index in [-0.39, 0.29) is 24.2 Å². The number of aryl methyl sites for hydroxylation is 1. The van der Waals surface area contributed by atoms with Crippen molar-refractivity contribution in [2.45, 2.75) is 26.5 Å². The number of oxazole rings is 1. The van der Waals surface area contributed by atoms with Gasteiger partial charge in [0.25, 0.3) is 5.91 Å². The van der Waals surface area contributed by atoms with Crippen LogP contribution in [0.4, 0.5) is 0 Å². The number of nitrogens with one attached hydrogen (secondary N) is 2. The van der Waals surface area contributed by atoms with Crippen molar-refractivity contribution in [3.63, 3.8) is 0 Å². The summed E-state index contributed by atoms with van der Waals surface area (Å²) in [6, 6.07) is 7.22.